The fourth-order valence-corrected chi connectivity index (χ4v) is 2.82. The fourth-order valence-electron chi connectivity index (χ4n) is 2.82. The lowest BCUT2D eigenvalue weighted by atomic mass is 10.2. The molecule has 1 aromatic carbocycles. The summed E-state index contributed by atoms with van der Waals surface area (Å²) < 4.78 is 2.87. The summed E-state index contributed by atoms with van der Waals surface area (Å²) in [5.41, 5.74) is 1.00. The van der Waals surface area contributed by atoms with Gasteiger partial charge >= 0.3 is 11.5 Å². The fraction of sp³-hybridized carbons (Fsp3) is 0.235. The van der Waals surface area contributed by atoms with E-state index in [1.54, 1.807) is 6.92 Å². The van der Waals surface area contributed by atoms with Gasteiger partial charge in [-0.3, -0.25) is 14.8 Å². The molecule has 0 atom stereocenters. The van der Waals surface area contributed by atoms with Crippen LogP contribution in [0.15, 0.2) is 39.9 Å². The lowest BCUT2D eigenvalue weighted by Gasteiger charge is -2.05. The first-order valence-corrected chi connectivity index (χ1v) is 7.76. The highest BCUT2D eigenvalue weighted by molar-refractivity contribution is 5.24. The van der Waals surface area contributed by atoms with Crippen LogP contribution in [0.25, 0.3) is 0 Å². The molecule has 0 aliphatic heterocycles. The van der Waals surface area contributed by atoms with Crippen LogP contribution < -0.4 is 15.8 Å². The Morgan fingerprint density at radius 1 is 1.12 bits per heavy atom. The highest BCUT2D eigenvalue weighted by atomic mass is 16.5. The molecule has 0 amide bonds. The van der Waals surface area contributed by atoms with Crippen LogP contribution in [0, 0.1) is 13.8 Å². The van der Waals surface area contributed by atoms with Crippen LogP contribution in [-0.4, -0.2) is 25.0 Å². The molecular formula is C17H19N4O4+. The van der Waals surface area contributed by atoms with Crippen molar-refractivity contribution in [2.75, 3.05) is 0 Å². The van der Waals surface area contributed by atoms with Crippen LogP contribution in [-0.2, 0) is 13.0 Å². The molecule has 0 bridgehead atoms. The molecule has 0 saturated carbocycles. The predicted molar refractivity (Wildman–Crippen MR) is 89.0 cm³/mol. The third-order valence-electron chi connectivity index (χ3n) is 4.34. The zero-order valence-electron chi connectivity index (χ0n) is 13.9. The summed E-state index contributed by atoms with van der Waals surface area (Å²) >= 11 is 0. The molecule has 0 saturated heterocycles. The van der Waals surface area contributed by atoms with Crippen LogP contribution in [0.3, 0.4) is 0 Å². The van der Waals surface area contributed by atoms with Crippen molar-refractivity contribution < 1.29 is 14.9 Å². The van der Waals surface area contributed by atoms with E-state index in [9.17, 15) is 19.9 Å². The number of H-pyrrole nitrogens is 2. The van der Waals surface area contributed by atoms with E-state index < -0.39 is 17.1 Å². The molecule has 2 aromatic heterocycles. The van der Waals surface area contributed by atoms with Crippen LogP contribution in [0.1, 0.15) is 28.3 Å². The van der Waals surface area contributed by atoms with E-state index >= 15 is 0 Å². The highest BCUT2D eigenvalue weighted by Gasteiger charge is 2.28. The first-order chi connectivity index (χ1) is 11.9. The molecular weight excluding hydrogens is 324 g/mol. The second kappa shape index (κ2) is 6.31. The summed E-state index contributed by atoms with van der Waals surface area (Å²) in [7, 11) is 0. The monoisotopic (exact) mass is 343 g/mol. The Hall–Kier alpha value is -3.29. The number of nitrogens with zero attached hydrogens (tertiary/aromatic N) is 2. The Balaban J connectivity index is 2.09. The van der Waals surface area contributed by atoms with Crippen LogP contribution in [0.4, 0.5) is 0 Å². The smallest absolute Gasteiger partial charge is 0.328 e. The van der Waals surface area contributed by atoms with Gasteiger partial charge in [0.1, 0.15) is 12.2 Å². The Bertz CT molecular complexity index is 1030. The number of aromatic hydroxyl groups is 1. The largest absolute Gasteiger partial charge is 0.494 e. The molecule has 4 N–H and O–H groups in total. The Kier molecular flexibility index (Phi) is 4.18. The minimum Gasteiger partial charge on any atom is -0.494 e. The Morgan fingerprint density at radius 2 is 1.80 bits per heavy atom. The van der Waals surface area contributed by atoms with E-state index in [4.69, 9.17) is 0 Å². The molecule has 3 aromatic rings. The first-order valence-electron chi connectivity index (χ1n) is 7.76. The minimum atomic E-state index is -0.782. The van der Waals surface area contributed by atoms with E-state index in [0.717, 1.165) is 16.0 Å². The van der Waals surface area contributed by atoms with E-state index in [0.29, 0.717) is 18.1 Å². The third-order valence-corrected chi connectivity index (χ3v) is 4.34. The van der Waals surface area contributed by atoms with E-state index in [2.05, 4.69) is 9.97 Å². The maximum Gasteiger partial charge on any atom is 0.328 e. The van der Waals surface area contributed by atoms with Crippen molar-refractivity contribution in [2.45, 2.75) is 26.8 Å². The molecule has 0 aliphatic rings. The summed E-state index contributed by atoms with van der Waals surface area (Å²) in [6, 6.07) is 9.69. The van der Waals surface area contributed by atoms with Gasteiger partial charge in [-0.05, 0) is 10.3 Å². The molecule has 25 heavy (non-hydrogen) atoms. The topological polar surface area (TPSA) is 115 Å². The standard InChI is InChI=1S/C17H18N4O4/c1-10-11(2)21(25)14(20(10)9-12-6-4-3-5-7-12)8-13-15(22)18-17(24)19-16(13)23/h3-7H,8-9H2,1-2H3,(H3-,18,19,22,23,24,25)/p+1. The predicted octanol–water partition coefficient (Wildman–Crippen LogP) is 0.351. The maximum atomic E-state index is 12.0. The van der Waals surface area contributed by atoms with E-state index in [1.165, 1.54) is 0 Å². The average molecular weight is 343 g/mol. The van der Waals surface area contributed by atoms with E-state index in [-0.39, 0.29) is 12.0 Å². The van der Waals surface area contributed by atoms with Crippen LogP contribution >= 0.6 is 0 Å². The van der Waals surface area contributed by atoms with Gasteiger partial charge in [0.15, 0.2) is 5.69 Å². The number of rotatable bonds is 4. The van der Waals surface area contributed by atoms with Gasteiger partial charge in [0.25, 0.3) is 5.56 Å². The number of hydrogen-bond donors (Lipinski definition) is 4. The molecule has 0 unspecified atom stereocenters. The first kappa shape index (κ1) is 16.6. The molecule has 0 radical (unpaired) electrons. The lowest BCUT2D eigenvalue weighted by Crippen LogP contribution is -2.41. The van der Waals surface area contributed by atoms with Gasteiger partial charge in [0.05, 0.1) is 12.0 Å². The molecule has 3 rings (SSSR count). The Labute approximate surface area is 142 Å². The summed E-state index contributed by atoms with van der Waals surface area (Å²) in [6.45, 7) is 4.13. The lowest BCUT2D eigenvalue weighted by molar-refractivity contribution is -0.701. The van der Waals surface area contributed by atoms with Crippen LogP contribution in [0.5, 0.6) is 5.88 Å². The number of aromatic amines is 2. The highest BCUT2D eigenvalue weighted by Crippen LogP contribution is 2.14. The van der Waals surface area contributed by atoms with Gasteiger partial charge in [-0.2, -0.15) is 0 Å². The van der Waals surface area contributed by atoms with Gasteiger partial charge in [0, 0.05) is 13.8 Å². The number of benzene rings is 1. The van der Waals surface area contributed by atoms with Crippen molar-refractivity contribution in [3.8, 4) is 5.88 Å². The maximum absolute atomic E-state index is 12.0. The van der Waals surface area contributed by atoms with Crippen molar-refractivity contribution in [3.05, 3.63) is 79.5 Å². The summed E-state index contributed by atoms with van der Waals surface area (Å²) in [5, 5.41) is 20.3. The van der Waals surface area contributed by atoms with Crippen molar-refractivity contribution >= 4 is 0 Å². The SMILES string of the molecule is Cc1c(C)[n+](Cc2ccccc2)c(Cc2c(O)[nH]c(=O)[nH]c2=O)n1O. The van der Waals surface area contributed by atoms with Gasteiger partial charge in [-0.1, -0.05) is 30.3 Å². The molecule has 0 spiro atoms. The number of hydrogen-bond acceptors (Lipinski definition) is 4. The molecule has 8 nitrogen and oxygen atoms in total. The number of nitrogens with one attached hydrogen (secondary N) is 2. The summed E-state index contributed by atoms with van der Waals surface area (Å²) in [4.78, 5) is 27.5. The minimum absolute atomic E-state index is 0.0192. The van der Waals surface area contributed by atoms with Gasteiger partial charge in [0.2, 0.25) is 5.88 Å². The normalized spacial score (nSPS) is 11.0. The van der Waals surface area contributed by atoms with Crippen LogP contribution in [0.2, 0.25) is 0 Å². The van der Waals surface area contributed by atoms with Crippen molar-refractivity contribution in [1.29, 1.82) is 0 Å². The number of aromatic nitrogens is 4. The quantitative estimate of drug-likeness (QED) is 0.404. The second-order valence-corrected chi connectivity index (χ2v) is 5.88. The summed E-state index contributed by atoms with van der Waals surface area (Å²) in [5.74, 6) is -0.0804. The average Bonchev–Trinajstić information content (AvgIpc) is 2.76. The van der Waals surface area contributed by atoms with Gasteiger partial charge in [-0.15, -0.1) is 0 Å². The van der Waals surface area contributed by atoms with Crippen molar-refractivity contribution in [3.63, 3.8) is 0 Å². The second-order valence-electron chi connectivity index (χ2n) is 5.88. The van der Waals surface area contributed by atoms with E-state index in [1.807, 2.05) is 41.8 Å². The Morgan fingerprint density at radius 3 is 2.44 bits per heavy atom. The summed E-state index contributed by atoms with van der Waals surface area (Å²) in [6.07, 6.45) is -0.0457. The number of imidazole rings is 1. The van der Waals surface area contributed by atoms with Crippen molar-refractivity contribution in [2.24, 2.45) is 0 Å². The third kappa shape index (κ3) is 3.06. The molecule has 0 fully saturated rings. The molecule has 8 heteroatoms. The zero-order valence-corrected chi connectivity index (χ0v) is 13.9. The van der Waals surface area contributed by atoms with Gasteiger partial charge in [-0.25, -0.2) is 9.36 Å². The zero-order chi connectivity index (χ0) is 18.1. The van der Waals surface area contributed by atoms with Gasteiger partial charge < -0.3 is 10.3 Å². The molecule has 0 aliphatic carbocycles. The molecule has 130 valence electrons. The molecule has 2 heterocycles. The van der Waals surface area contributed by atoms with Crippen molar-refractivity contribution in [1.82, 2.24) is 14.7 Å².